The number of cyclic esters (lactones) is 1. The Kier molecular flexibility index (Phi) is 6.36. The number of rotatable bonds is 6. The van der Waals surface area contributed by atoms with E-state index in [1.54, 1.807) is 25.1 Å². The Balaban J connectivity index is 1.49. The van der Waals surface area contributed by atoms with Crippen LogP contribution in [0, 0.1) is 0 Å². The van der Waals surface area contributed by atoms with Crippen LogP contribution in [-0.4, -0.2) is 39.9 Å². The molecule has 0 aliphatic carbocycles. The van der Waals surface area contributed by atoms with E-state index < -0.39 is 30.0 Å². The summed E-state index contributed by atoms with van der Waals surface area (Å²) in [5, 5.41) is 3.06. The summed E-state index contributed by atoms with van der Waals surface area (Å²) in [4.78, 5) is 26.0. The molecule has 2 aromatic heterocycles. The number of nitrogens with zero attached hydrogens (tertiary/aromatic N) is 4. The van der Waals surface area contributed by atoms with Gasteiger partial charge in [-0.15, -0.1) is 0 Å². The van der Waals surface area contributed by atoms with Crippen LogP contribution >= 0.6 is 0 Å². The Bertz CT molecular complexity index is 1170. The lowest BCUT2D eigenvalue weighted by Crippen LogP contribution is -2.39. The van der Waals surface area contributed by atoms with Crippen LogP contribution in [0.1, 0.15) is 31.1 Å². The van der Waals surface area contributed by atoms with Crippen LogP contribution in [-0.2, 0) is 10.9 Å². The third-order valence-electron chi connectivity index (χ3n) is 5.42. The molecular formula is C23H21F4N5O2. The third kappa shape index (κ3) is 4.92. The molecule has 1 aliphatic rings. The predicted molar refractivity (Wildman–Crippen MR) is 117 cm³/mol. The Morgan fingerprint density at radius 3 is 2.59 bits per heavy atom. The molecule has 1 aromatic carbocycles. The average Bonchev–Trinajstić information content (AvgIpc) is 3.20. The summed E-state index contributed by atoms with van der Waals surface area (Å²) in [6.07, 6.45) is -3.49. The molecule has 1 aliphatic heterocycles. The fourth-order valence-corrected chi connectivity index (χ4v) is 3.57. The first-order valence-corrected chi connectivity index (χ1v) is 10.5. The summed E-state index contributed by atoms with van der Waals surface area (Å²) in [6.45, 7) is 3.08. The number of hydrogen-bond acceptors (Lipinski definition) is 6. The number of nitrogens with one attached hydrogen (secondary N) is 1. The molecular weight excluding hydrogens is 454 g/mol. The van der Waals surface area contributed by atoms with E-state index in [4.69, 9.17) is 4.74 Å². The molecule has 1 amide bonds. The number of ether oxygens (including phenoxy) is 1. The molecule has 0 radical (unpaired) electrons. The lowest BCUT2D eigenvalue weighted by atomic mass is 10.0. The first-order chi connectivity index (χ1) is 16.1. The van der Waals surface area contributed by atoms with Gasteiger partial charge in [-0.2, -0.15) is 18.2 Å². The van der Waals surface area contributed by atoms with Crippen molar-refractivity contribution in [1.29, 1.82) is 0 Å². The van der Waals surface area contributed by atoms with Crippen molar-refractivity contribution < 1.29 is 27.1 Å². The highest BCUT2D eigenvalue weighted by Crippen LogP contribution is 2.32. The van der Waals surface area contributed by atoms with Crippen LogP contribution in [0.25, 0.3) is 11.1 Å². The minimum Gasteiger partial charge on any atom is -0.447 e. The fraction of sp³-hybridized carbons (Fsp3) is 0.304. The fourth-order valence-electron chi connectivity index (χ4n) is 3.57. The second-order valence-electron chi connectivity index (χ2n) is 7.85. The molecule has 4 rings (SSSR count). The monoisotopic (exact) mass is 475 g/mol. The summed E-state index contributed by atoms with van der Waals surface area (Å²) >= 11 is 0. The normalized spacial score (nSPS) is 17.9. The van der Waals surface area contributed by atoms with Crippen molar-refractivity contribution in [2.75, 3.05) is 16.8 Å². The summed E-state index contributed by atoms with van der Waals surface area (Å²) in [6, 6.07) is 8.74. The van der Waals surface area contributed by atoms with Gasteiger partial charge in [-0.3, -0.25) is 9.88 Å². The van der Waals surface area contributed by atoms with Gasteiger partial charge in [0.2, 0.25) is 5.95 Å². The molecule has 1 fully saturated rings. The highest BCUT2D eigenvalue weighted by molar-refractivity contribution is 5.89. The third-order valence-corrected chi connectivity index (χ3v) is 5.42. The van der Waals surface area contributed by atoms with Crippen molar-refractivity contribution in [3.63, 3.8) is 0 Å². The second-order valence-corrected chi connectivity index (χ2v) is 7.85. The van der Waals surface area contributed by atoms with Gasteiger partial charge in [0.15, 0.2) is 0 Å². The van der Waals surface area contributed by atoms with E-state index in [1.807, 2.05) is 0 Å². The Morgan fingerprint density at radius 2 is 1.91 bits per heavy atom. The van der Waals surface area contributed by atoms with Crippen molar-refractivity contribution in [3.05, 3.63) is 66.1 Å². The van der Waals surface area contributed by atoms with Gasteiger partial charge >= 0.3 is 12.3 Å². The molecule has 3 atom stereocenters. The highest BCUT2D eigenvalue weighted by atomic mass is 19.4. The van der Waals surface area contributed by atoms with Gasteiger partial charge in [-0.25, -0.2) is 14.2 Å². The minimum atomic E-state index is -4.43. The lowest BCUT2D eigenvalue weighted by Gasteiger charge is -2.22. The van der Waals surface area contributed by atoms with Crippen LogP contribution in [0.15, 0.2) is 54.9 Å². The predicted octanol–water partition coefficient (Wildman–Crippen LogP) is 5.41. The molecule has 3 heterocycles. The zero-order valence-corrected chi connectivity index (χ0v) is 18.3. The van der Waals surface area contributed by atoms with Crippen molar-refractivity contribution in [2.45, 2.75) is 38.3 Å². The van der Waals surface area contributed by atoms with Crippen molar-refractivity contribution in [3.8, 4) is 11.1 Å². The molecule has 178 valence electrons. The molecule has 0 saturated carbocycles. The quantitative estimate of drug-likeness (QED) is 0.480. The van der Waals surface area contributed by atoms with Crippen LogP contribution < -0.4 is 10.2 Å². The molecule has 11 heteroatoms. The van der Waals surface area contributed by atoms with Crippen molar-refractivity contribution >= 4 is 17.9 Å². The van der Waals surface area contributed by atoms with Crippen LogP contribution in [0.5, 0.6) is 0 Å². The Morgan fingerprint density at radius 1 is 1.12 bits per heavy atom. The molecule has 1 saturated heterocycles. The number of aromatic nitrogens is 3. The topological polar surface area (TPSA) is 80.2 Å². The summed E-state index contributed by atoms with van der Waals surface area (Å²) in [5.41, 5.74) is 0.812. The maximum Gasteiger partial charge on any atom is 0.416 e. The zero-order valence-electron chi connectivity index (χ0n) is 18.3. The maximum atomic E-state index is 13.9. The van der Waals surface area contributed by atoms with E-state index in [2.05, 4.69) is 20.3 Å². The van der Waals surface area contributed by atoms with E-state index in [0.717, 1.165) is 17.0 Å². The van der Waals surface area contributed by atoms with Crippen LogP contribution in [0.4, 0.5) is 34.1 Å². The van der Waals surface area contributed by atoms with Crippen molar-refractivity contribution in [2.24, 2.45) is 0 Å². The largest absolute Gasteiger partial charge is 0.447 e. The molecule has 34 heavy (non-hydrogen) atoms. The summed E-state index contributed by atoms with van der Waals surface area (Å²) in [7, 11) is 0. The highest BCUT2D eigenvalue weighted by Gasteiger charge is 2.39. The van der Waals surface area contributed by atoms with E-state index in [0.29, 0.717) is 16.8 Å². The standard InChI is InChI=1S/C23H21F4N5O2/c1-13(24)19-12-34-22(33)32(19)20-8-9-28-21(31-20)30-14(2)18-7-6-16(11-29-18)15-4-3-5-17(10-15)23(25,26)27/h3-11,13-14,19H,12H2,1-2H3,(H,28,30,31)/t13-,14-,19+/m0/s1. The average molecular weight is 475 g/mol. The first-order valence-electron chi connectivity index (χ1n) is 10.5. The summed E-state index contributed by atoms with van der Waals surface area (Å²) < 4.78 is 57.8. The number of carbonyl (C=O) groups excluding carboxylic acids is 1. The van der Waals surface area contributed by atoms with E-state index in [1.165, 1.54) is 31.5 Å². The van der Waals surface area contributed by atoms with Gasteiger partial charge in [-0.05, 0) is 43.7 Å². The molecule has 7 nitrogen and oxygen atoms in total. The first kappa shape index (κ1) is 23.4. The molecule has 0 spiro atoms. The maximum absolute atomic E-state index is 13.9. The number of pyridine rings is 1. The Labute approximate surface area is 192 Å². The van der Waals surface area contributed by atoms with E-state index in [-0.39, 0.29) is 24.4 Å². The molecule has 3 aromatic rings. The van der Waals surface area contributed by atoms with E-state index >= 15 is 0 Å². The van der Waals surface area contributed by atoms with Gasteiger partial charge in [0.25, 0.3) is 0 Å². The molecule has 0 bridgehead atoms. The SMILES string of the molecule is C[C@H](Nc1nccc(N2C(=O)OC[C@@H]2[C@H](C)F)n1)c1ccc(-c2cccc(C(F)(F)F)c2)cn1. The minimum absolute atomic E-state index is 0.0676. The number of amides is 1. The number of carbonyl (C=O) groups is 1. The number of alkyl halides is 4. The van der Waals surface area contributed by atoms with Crippen molar-refractivity contribution in [1.82, 2.24) is 15.0 Å². The van der Waals surface area contributed by atoms with Gasteiger partial charge in [0.1, 0.15) is 24.6 Å². The number of halogens is 4. The smallest absolute Gasteiger partial charge is 0.416 e. The number of hydrogen-bond donors (Lipinski definition) is 1. The number of benzene rings is 1. The van der Waals surface area contributed by atoms with Gasteiger partial charge < -0.3 is 10.1 Å². The van der Waals surface area contributed by atoms with Gasteiger partial charge in [0, 0.05) is 18.0 Å². The van der Waals surface area contributed by atoms with E-state index in [9.17, 15) is 22.4 Å². The van der Waals surface area contributed by atoms with Gasteiger partial charge in [-0.1, -0.05) is 18.2 Å². The van der Waals surface area contributed by atoms with Crippen LogP contribution in [0.2, 0.25) is 0 Å². The van der Waals surface area contributed by atoms with Crippen LogP contribution in [0.3, 0.4) is 0 Å². The van der Waals surface area contributed by atoms with Gasteiger partial charge in [0.05, 0.1) is 17.3 Å². The molecule has 0 unspecified atom stereocenters. The Hall–Kier alpha value is -3.76. The lowest BCUT2D eigenvalue weighted by molar-refractivity contribution is -0.137. The zero-order chi connectivity index (χ0) is 24.5. The second kappa shape index (κ2) is 9.24. The number of anilines is 2. The summed E-state index contributed by atoms with van der Waals surface area (Å²) in [5.74, 6) is 0.397. The molecule has 1 N–H and O–H groups in total.